The summed E-state index contributed by atoms with van der Waals surface area (Å²) in [5.41, 5.74) is 4.10. The fourth-order valence-corrected chi connectivity index (χ4v) is 4.86. The van der Waals surface area contributed by atoms with Crippen molar-refractivity contribution in [3.63, 3.8) is 0 Å². The Hall–Kier alpha value is -1.39. The topological polar surface area (TPSA) is 44.4 Å². The van der Waals surface area contributed by atoms with Crippen LogP contribution in [0.1, 0.15) is 59.6 Å². The highest BCUT2D eigenvalue weighted by atomic mass is 16.2. The van der Waals surface area contributed by atoms with E-state index in [1.165, 1.54) is 36.8 Å². The van der Waals surface area contributed by atoms with Gasteiger partial charge in [0.25, 0.3) is 5.91 Å². The van der Waals surface area contributed by atoms with E-state index in [0.717, 1.165) is 44.6 Å². The summed E-state index contributed by atoms with van der Waals surface area (Å²) in [5.74, 6) is 0.225. The van der Waals surface area contributed by atoms with Gasteiger partial charge in [-0.05, 0) is 87.3 Å². The van der Waals surface area contributed by atoms with Crippen molar-refractivity contribution >= 4 is 5.91 Å². The number of carbonyl (C=O) groups is 1. The van der Waals surface area contributed by atoms with E-state index in [1.54, 1.807) is 0 Å². The van der Waals surface area contributed by atoms with Crippen molar-refractivity contribution in [3.8, 4) is 0 Å². The van der Waals surface area contributed by atoms with Crippen LogP contribution < -0.4 is 10.6 Å². The quantitative estimate of drug-likeness (QED) is 0.877. The third-order valence-electron chi connectivity index (χ3n) is 6.59. The number of carbonyl (C=O) groups excluding carboxylic acids is 1. The van der Waals surface area contributed by atoms with Crippen molar-refractivity contribution in [2.24, 2.45) is 5.41 Å². The Morgan fingerprint density at radius 2 is 1.96 bits per heavy atom. The molecule has 2 fully saturated rings. The van der Waals surface area contributed by atoms with Gasteiger partial charge >= 0.3 is 0 Å². The molecule has 2 saturated heterocycles. The maximum Gasteiger partial charge on any atom is 0.253 e. The van der Waals surface area contributed by atoms with Crippen molar-refractivity contribution in [3.05, 3.63) is 34.9 Å². The second-order valence-corrected chi connectivity index (χ2v) is 7.84. The van der Waals surface area contributed by atoms with Gasteiger partial charge in [0.05, 0.1) is 0 Å². The van der Waals surface area contributed by atoms with Gasteiger partial charge in [0.2, 0.25) is 0 Å². The van der Waals surface area contributed by atoms with Gasteiger partial charge in [-0.15, -0.1) is 0 Å². The number of nitrogens with one attached hydrogen (secondary N) is 2. The summed E-state index contributed by atoms with van der Waals surface area (Å²) in [6, 6.07) is 6.75. The summed E-state index contributed by atoms with van der Waals surface area (Å²) < 4.78 is 0. The lowest BCUT2D eigenvalue weighted by atomic mass is 9.71. The molecule has 0 aromatic heterocycles. The number of rotatable bonds is 2. The van der Waals surface area contributed by atoms with Crippen LogP contribution in [0.4, 0.5) is 0 Å². The molecule has 1 atom stereocenters. The van der Waals surface area contributed by atoms with Crippen LogP contribution in [0, 0.1) is 5.41 Å². The first kappa shape index (κ1) is 16.1. The Labute approximate surface area is 145 Å². The molecule has 4 rings (SSSR count). The Balaban J connectivity index is 1.45. The third-order valence-corrected chi connectivity index (χ3v) is 6.59. The van der Waals surface area contributed by atoms with E-state index in [-0.39, 0.29) is 5.91 Å². The van der Waals surface area contributed by atoms with Crippen molar-refractivity contribution in [2.75, 3.05) is 33.2 Å². The van der Waals surface area contributed by atoms with Crippen LogP contribution in [0.5, 0.6) is 0 Å². The van der Waals surface area contributed by atoms with Crippen molar-refractivity contribution in [2.45, 2.75) is 44.6 Å². The van der Waals surface area contributed by atoms with E-state index >= 15 is 0 Å². The molecule has 0 saturated carbocycles. The molecule has 4 heteroatoms. The normalized spacial score (nSPS) is 25.7. The summed E-state index contributed by atoms with van der Waals surface area (Å²) in [4.78, 5) is 15.0. The highest BCUT2D eigenvalue weighted by Gasteiger charge is 2.37. The number of nitrogens with zero attached hydrogens (tertiary/aromatic N) is 1. The third kappa shape index (κ3) is 2.86. The number of fused-ring (bicyclic) bond motifs is 1. The number of hydrogen-bond donors (Lipinski definition) is 2. The second-order valence-electron chi connectivity index (χ2n) is 7.84. The molecule has 1 unspecified atom stereocenters. The van der Waals surface area contributed by atoms with E-state index in [9.17, 15) is 4.79 Å². The predicted octanol–water partition coefficient (Wildman–Crippen LogP) is 2.50. The Kier molecular flexibility index (Phi) is 4.35. The molecular formula is C20H29N3O. The van der Waals surface area contributed by atoms with E-state index in [1.807, 2.05) is 13.1 Å². The van der Waals surface area contributed by atoms with Gasteiger partial charge in [0.15, 0.2) is 0 Å². The van der Waals surface area contributed by atoms with Gasteiger partial charge in [0, 0.05) is 24.7 Å². The van der Waals surface area contributed by atoms with Crippen LogP contribution in [-0.4, -0.2) is 44.0 Å². The summed E-state index contributed by atoms with van der Waals surface area (Å²) >= 11 is 0. The summed E-state index contributed by atoms with van der Waals surface area (Å²) in [6.07, 6.45) is 7.16. The standard InChI is InChI=1S/C20H29N3O/c1-21-18-5-4-15-2-3-16(14-17(15)18)19(24)23-12-8-20(9-13-23)6-10-22-11-7-20/h2-3,14,18,21-22H,4-13H2,1H3. The maximum absolute atomic E-state index is 13.0. The molecule has 24 heavy (non-hydrogen) atoms. The number of amides is 1. The van der Waals surface area contributed by atoms with Crippen LogP contribution in [0.25, 0.3) is 0 Å². The minimum absolute atomic E-state index is 0.225. The number of hydrogen-bond acceptors (Lipinski definition) is 3. The van der Waals surface area contributed by atoms with Crippen molar-refractivity contribution in [1.29, 1.82) is 0 Å². The molecule has 1 aliphatic carbocycles. The summed E-state index contributed by atoms with van der Waals surface area (Å²) in [7, 11) is 2.01. The zero-order valence-corrected chi connectivity index (χ0v) is 14.7. The number of piperidine rings is 2. The fourth-order valence-electron chi connectivity index (χ4n) is 4.86. The molecule has 130 valence electrons. The average molecular weight is 327 g/mol. The molecule has 3 aliphatic rings. The van der Waals surface area contributed by atoms with Gasteiger partial charge in [-0.2, -0.15) is 0 Å². The van der Waals surface area contributed by atoms with Gasteiger partial charge in [-0.3, -0.25) is 4.79 Å². The van der Waals surface area contributed by atoms with Crippen molar-refractivity contribution < 1.29 is 4.79 Å². The minimum Gasteiger partial charge on any atom is -0.339 e. The second kappa shape index (κ2) is 6.49. The van der Waals surface area contributed by atoms with Gasteiger partial charge < -0.3 is 15.5 Å². The lowest BCUT2D eigenvalue weighted by Gasteiger charge is -2.44. The first-order valence-electron chi connectivity index (χ1n) is 9.51. The van der Waals surface area contributed by atoms with Crippen LogP contribution >= 0.6 is 0 Å². The van der Waals surface area contributed by atoms with Gasteiger partial charge in [0.1, 0.15) is 0 Å². The van der Waals surface area contributed by atoms with Crippen LogP contribution in [0.15, 0.2) is 18.2 Å². The number of aryl methyl sites for hydroxylation is 1. The SMILES string of the molecule is CNC1CCc2ccc(C(=O)N3CCC4(CCNCC4)CC3)cc21. The van der Waals surface area contributed by atoms with Crippen LogP contribution in [-0.2, 0) is 6.42 Å². The largest absolute Gasteiger partial charge is 0.339 e. The highest BCUT2D eigenvalue weighted by molar-refractivity contribution is 5.94. The Morgan fingerprint density at radius 1 is 1.21 bits per heavy atom. The Bertz CT molecular complexity index is 611. The Morgan fingerprint density at radius 3 is 2.67 bits per heavy atom. The molecule has 0 bridgehead atoms. The zero-order chi connectivity index (χ0) is 16.6. The maximum atomic E-state index is 13.0. The van der Waals surface area contributed by atoms with Gasteiger partial charge in [-0.25, -0.2) is 0 Å². The van der Waals surface area contributed by atoms with Gasteiger partial charge in [-0.1, -0.05) is 6.07 Å². The molecule has 4 nitrogen and oxygen atoms in total. The molecule has 2 heterocycles. The van der Waals surface area contributed by atoms with E-state index in [4.69, 9.17) is 0 Å². The summed E-state index contributed by atoms with van der Waals surface area (Å²) in [5, 5.41) is 6.84. The average Bonchev–Trinajstić information content (AvgIpc) is 3.05. The minimum atomic E-state index is 0.225. The number of benzene rings is 1. The van der Waals surface area contributed by atoms with Crippen LogP contribution in [0.2, 0.25) is 0 Å². The smallest absolute Gasteiger partial charge is 0.253 e. The van der Waals surface area contributed by atoms with E-state index in [2.05, 4.69) is 27.7 Å². The van der Waals surface area contributed by atoms with E-state index in [0.29, 0.717) is 11.5 Å². The lowest BCUT2D eigenvalue weighted by molar-refractivity contribution is 0.0495. The molecule has 0 radical (unpaired) electrons. The highest BCUT2D eigenvalue weighted by Crippen LogP contribution is 2.40. The molecule has 2 N–H and O–H groups in total. The van der Waals surface area contributed by atoms with Crippen molar-refractivity contribution in [1.82, 2.24) is 15.5 Å². The first-order chi connectivity index (χ1) is 11.7. The first-order valence-corrected chi connectivity index (χ1v) is 9.51. The van der Waals surface area contributed by atoms with E-state index < -0.39 is 0 Å². The molecule has 1 amide bonds. The summed E-state index contributed by atoms with van der Waals surface area (Å²) in [6.45, 7) is 4.13. The molecule has 2 aliphatic heterocycles. The molecular weight excluding hydrogens is 298 g/mol. The molecule has 1 aromatic rings. The molecule has 1 aromatic carbocycles. The molecule has 1 spiro atoms. The number of likely N-dealkylation sites (tertiary alicyclic amines) is 1. The fraction of sp³-hybridized carbons (Fsp3) is 0.650. The lowest BCUT2D eigenvalue weighted by Crippen LogP contribution is -2.47. The zero-order valence-electron chi connectivity index (χ0n) is 14.7. The monoisotopic (exact) mass is 327 g/mol. The predicted molar refractivity (Wildman–Crippen MR) is 96.2 cm³/mol. The van der Waals surface area contributed by atoms with Crippen LogP contribution in [0.3, 0.4) is 0 Å².